The molecular formula is C5H13Cl2N. The number of rotatable bonds is 2. The lowest BCUT2D eigenvalue weighted by molar-refractivity contribution is 0.600. The molecule has 1 N–H and O–H groups in total. The van der Waals surface area contributed by atoms with Crippen molar-refractivity contribution in [3.63, 3.8) is 0 Å². The van der Waals surface area contributed by atoms with E-state index in [1.165, 1.54) is 0 Å². The van der Waals surface area contributed by atoms with Gasteiger partial charge in [-0.3, -0.25) is 0 Å². The Morgan fingerprint density at radius 1 is 1.38 bits per heavy atom. The first-order valence-electron chi connectivity index (χ1n) is 2.49. The quantitative estimate of drug-likeness (QED) is 0.602. The zero-order valence-corrected chi connectivity index (χ0v) is 7.01. The van der Waals surface area contributed by atoms with Crippen molar-refractivity contribution < 1.29 is 0 Å². The Hall–Kier alpha value is 0.540. The predicted molar refractivity (Wildman–Crippen MR) is 41.1 cm³/mol. The van der Waals surface area contributed by atoms with Crippen LogP contribution in [0.1, 0.15) is 13.8 Å². The van der Waals surface area contributed by atoms with Crippen LogP contribution in [0, 0.1) is 0 Å². The molecule has 0 heterocycles. The van der Waals surface area contributed by atoms with Gasteiger partial charge in [0.05, 0.1) is 0 Å². The van der Waals surface area contributed by atoms with E-state index in [0.717, 1.165) is 0 Å². The van der Waals surface area contributed by atoms with Crippen LogP contribution in [0.5, 0.6) is 0 Å². The molecule has 0 aromatic rings. The fourth-order valence-electron chi connectivity index (χ4n) is 0.230. The summed E-state index contributed by atoms with van der Waals surface area (Å²) in [6, 6.07) is 0.418. The molecular weight excluding hydrogens is 145 g/mol. The molecule has 0 bridgehead atoms. The van der Waals surface area contributed by atoms with E-state index in [4.69, 9.17) is 11.6 Å². The van der Waals surface area contributed by atoms with Crippen LogP contribution in [-0.2, 0) is 0 Å². The largest absolute Gasteiger partial charge is 0.316 e. The average Bonchev–Trinajstić information content (AvgIpc) is 1.65. The van der Waals surface area contributed by atoms with E-state index in [1.807, 2.05) is 14.0 Å². The van der Waals surface area contributed by atoms with Crippen molar-refractivity contribution in [2.75, 3.05) is 7.05 Å². The lowest BCUT2D eigenvalue weighted by Gasteiger charge is -2.10. The summed E-state index contributed by atoms with van der Waals surface area (Å²) >= 11 is 5.67. The SMILES string of the molecule is CN[C@H](C)[C@H](C)Cl.Cl. The lowest BCUT2D eigenvalue weighted by atomic mass is 10.3. The first-order chi connectivity index (χ1) is 3.18. The van der Waals surface area contributed by atoms with Gasteiger partial charge in [-0.25, -0.2) is 0 Å². The third-order valence-electron chi connectivity index (χ3n) is 1.14. The highest BCUT2D eigenvalue weighted by molar-refractivity contribution is 6.20. The molecule has 2 atom stereocenters. The van der Waals surface area contributed by atoms with Gasteiger partial charge in [0.15, 0.2) is 0 Å². The van der Waals surface area contributed by atoms with Gasteiger partial charge in [-0.05, 0) is 20.9 Å². The maximum absolute atomic E-state index is 5.67. The highest BCUT2D eigenvalue weighted by atomic mass is 35.5. The third-order valence-corrected chi connectivity index (χ3v) is 1.52. The zero-order chi connectivity index (χ0) is 5.86. The van der Waals surface area contributed by atoms with Gasteiger partial charge in [0.1, 0.15) is 0 Å². The maximum Gasteiger partial charge on any atom is 0.0458 e. The molecule has 0 spiro atoms. The van der Waals surface area contributed by atoms with Gasteiger partial charge in [0, 0.05) is 11.4 Å². The molecule has 8 heavy (non-hydrogen) atoms. The van der Waals surface area contributed by atoms with Gasteiger partial charge in [0.25, 0.3) is 0 Å². The Labute approximate surface area is 62.2 Å². The zero-order valence-electron chi connectivity index (χ0n) is 5.44. The van der Waals surface area contributed by atoms with Crippen LogP contribution in [-0.4, -0.2) is 18.5 Å². The molecule has 0 saturated heterocycles. The molecule has 1 nitrogen and oxygen atoms in total. The van der Waals surface area contributed by atoms with E-state index in [0.29, 0.717) is 6.04 Å². The smallest absolute Gasteiger partial charge is 0.0458 e. The Balaban J connectivity index is 0. The van der Waals surface area contributed by atoms with Gasteiger partial charge >= 0.3 is 0 Å². The van der Waals surface area contributed by atoms with E-state index in [1.54, 1.807) is 0 Å². The summed E-state index contributed by atoms with van der Waals surface area (Å²) < 4.78 is 0. The summed E-state index contributed by atoms with van der Waals surface area (Å²) in [5.41, 5.74) is 0. The van der Waals surface area contributed by atoms with Crippen LogP contribution in [0.3, 0.4) is 0 Å². The molecule has 0 unspecified atom stereocenters. The third kappa shape index (κ3) is 4.69. The second kappa shape index (κ2) is 5.67. The molecule has 0 saturated carbocycles. The molecule has 0 radical (unpaired) electrons. The number of hydrogen-bond donors (Lipinski definition) is 1. The lowest BCUT2D eigenvalue weighted by Crippen LogP contribution is -2.28. The molecule has 0 aliphatic carbocycles. The average molecular weight is 158 g/mol. The Bertz CT molecular complexity index is 47.7. The van der Waals surface area contributed by atoms with E-state index in [9.17, 15) is 0 Å². The highest BCUT2D eigenvalue weighted by Crippen LogP contribution is 1.97. The summed E-state index contributed by atoms with van der Waals surface area (Å²) in [7, 11) is 1.91. The van der Waals surface area contributed by atoms with Crippen LogP contribution in [0.2, 0.25) is 0 Å². The highest BCUT2D eigenvalue weighted by Gasteiger charge is 2.02. The van der Waals surface area contributed by atoms with Crippen molar-refractivity contribution in [1.82, 2.24) is 5.32 Å². The molecule has 0 aromatic carbocycles. The van der Waals surface area contributed by atoms with E-state index in [2.05, 4.69) is 12.2 Å². The summed E-state index contributed by atoms with van der Waals surface area (Å²) in [5, 5.41) is 3.26. The van der Waals surface area contributed by atoms with E-state index < -0.39 is 0 Å². The topological polar surface area (TPSA) is 12.0 Å². The molecule has 52 valence electrons. The van der Waals surface area contributed by atoms with E-state index >= 15 is 0 Å². The molecule has 0 aliphatic rings. The van der Waals surface area contributed by atoms with E-state index in [-0.39, 0.29) is 17.8 Å². The van der Waals surface area contributed by atoms with Crippen molar-refractivity contribution in [3.05, 3.63) is 0 Å². The molecule has 0 amide bonds. The van der Waals surface area contributed by atoms with Crippen molar-refractivity contribution in [3.8, 4) is 0 Å². The Morgan fingerprint density at radius 3 is 1.75 bits per heavy atom. The summed E-state index contributed by atoms with van der Waals surface area (Å²) in [6.45, 7) is 4.03. The van der Waals surface area contributed by atoms with Gasteiger partial charge in [-0.2, -0.15) is 0 Å². The molecule has 0 aromatic heterocycles. The second-order valence-electron chi connectivity index (χ2n) is 1.75. The van der Waals surface area contributed by atoms with Crippen molar-refractivity contribution >= 4 is 24.0 Å². The van der Waals surface area contributed by atoms with Gasteiger partial charge in [0.2, 0.25) is 0 Å². The van der Waals surface area contributed by atoms with Crippen molar-refractivity contribution in [2.24, 2.45) is 0 Å². The van der Waals surface area contributed by atoms with Gasteiger partial charge in [-0.15, -0.1) is 24.0 Å². The molecule has 0 aliphatic heterocycles. The van der Waals surface area contributed by atoms with Crippen LogP contribution in [0.25, 0.3) is 0 Å². The monoisotopic (exact) mass is 157 g/mol. The minimum Gasteiger partial charge on any atom is -0.316 e. The molecule has 3 heteroatoms. The fourth-order valence-corrected chi connectivity index (χ4v) is 0.356. The second-order valence-corrected chi connectivity index (χ2v) is 2.44. The normalized spacial score (nSPS) is 16.5. The molecule has 0 rings (SSSR count). The molecule has 0 fully saturated rings. The van der Waals surface area contributed by atoms with Crippen LogP contribution < -0.4 is 5.32 Å². The minimum absolute atomic E-state index is 0. The number of halogens is 2. The van der Waals surface area contributed by atoms with Crippen LogP contribution >= 0.6 is 24.0 Å². The van der Waals surface area contributed by atoms with Crippen LogP contribution in [0.4, 0.5) is 0 Å². The van der Waals surface area contributed by atoms with Gasteiger partial charge < -0.3 is 5.32 Å². The fraction of sp³-hybridized carbons (Fsp3) is 1.00. The Morgan fingerprint density at radius 2 is 1.75 bits per heavy atom. The van der Waals surface area contributed by atoms with Crippen molar-refractivity contribution in [2.45, 2.75) is 25.3 Å². The summed E-state index contributed by atoms with van der Waals surface area (Å²) in [5.74, 6) is 0. The summed E-state index contributed by atoms with van der Waals surface area (Å²) in [4.78, 5) is 0. The summed E-state index contributed by atoms with van der Waals surface area (Å²) in [6.07, 6.45) is 0. The Kier molecular flexibility index (Phi) is 8.05. The van der Waals surface area contributed by atoms with Crippen molar-refractivity contribution in [1.29, 1.82) is 0 Å². The van der Waals surface area contributed by atoms with Crippen LogP contribution in [0.15, 0.2) is 0 Å². The van der Waals surface area contributed by atoms with Gasteiger partial charge in [-0.1, -0.05) is 0 Å². The maximum atomic E-state index is 5.67. The number of hydrogen-bond acceptors (Lipinski definition) is 1. The standard InChI is InChI=1S/C5H12ClN.ClH/c1-4(6)5(2)7-3;/h4-5,7H,1-3H3;1H/t4-,5+;/m0./s1. The minimum atomic E-state index is 0. The predicted octanol–water partition coefficient (Wildman–Crippen LogP) is 1.64. The number of nitrogens with one attached hydrogen (secondary N) is 1. The first kappa shape index (κ1) is 11.4. The number of alkyl halides is 1. The first-order valence-corrected chi connectivity index (χ1v) is 2.93.